The molecule has 0 saturated carbocycles. The highest BCUT2D eigenvalue weighted by molar-refractivity contribution is 6.09. The van der Waals surface area contributed by atoms with Crippen LogP contribution in [-0.4, -0.2) is 11.8 Å². The van der Waals surface area contributed by atoms with Gasteiger partial charge in [-0.25, -0.2) is 0 Å². The third-order valence-electron chi connectivity index (χ3n) is 4.19. The van der Waals surface area contributed by atoms with E-state index >= 15 is 0 Å². The molecule has 0 bridgehead atoms. The first-order chi connectivity index (χ1) is 13.3. The SMILES string of the molecule is Cc1ccc(C(=O)Nc2ccc(NC(=O)c3ccc(N)cc3N)cc2N)cc1. The molecule has 0 aliphatic rings. The van der Waals surface area contributed by atoms with Gasteiger partial charge in [-0.2, -0.15) is 0 Å². The maximum atomic E-state index is 12.4. The quantitative estimate of drug-likeness (QED) is 0.446. The number of hydrogen-bond acceptors (Lipinski definition) is 5. The van der Waals surface area contributed by atoms with Crippen LogP contribution in [-0.2, 0) is 0 Å². The maximum absolute atomic E-state index is 12.4. The van der Waals surface area contributed by atoms with Crippen LogP contribution in [0.15, 0.2) is 60.7 Å². The Morgan fingerprint density at radius 1 is 0.750 bits per heavy atom. The van der Waals surface area contributed by atoms with Crippen molar-refractivity contribution in [2.45, 2.75) is 6.92 Å². The van der Waals surface area contributed by atoms with Crippen LogP contribution in [0.4, 0.5) is 28.4 Å². The van der Waals surface area contributed by atoms with Crippen molar-refractivity contribution in [2.24, 2.45) is 0 Å². The monoisotopic (exact) mass is 375 g/mol. The second-order valence-electron chi connectivity index (χ2n) is 6.42. The van der Waals surface area contributed by atoms with Crippen molar-refractivity contribution in [3.63, 3.8) is 0 Å². The van der Waals surface area contributed by atoms with E-state index in [9.17, 15) is 9.59 Å². The molecule has 7 heteroatoms. The van der Waals surface area contributed by atoms with Gasteiger partial charge in [-0.1, -0.05) is 17.7 Å². The van der Waals surface area contributed by atoms with Gasteiger partial charge in [0.05, 0.1) is 16.9 Å². The summed E-state index contributed by atoms with van der Waals surface area (Å²) < 4.78 is 0. The molecule has 0 aliphatic carbocycles. The average Bonchev–Trinajstić information content (AvgIpc) is 2.64. The molecule has 0 unspecified atom stereocenters. The number of anilines is 5. The molecule has 0 fully saturated rings. The fraction of sp³-hybridized carbons (Fsp3) is 0.0476. The van der Waals surface area contributed by atoms with E-state index in [2.05, 4.69) is 10.6 Å². The summed E-state index contributed by atoms with van der Waals surface area (Å²) in [5, 5.41) is 5.49. The standard InChI is InChI=1S/C21H21N5O2/c1-12-2-4-13(5-3-12)20(27)26-19-9-7-15(11-18(19)24)25-21(28)16-8-6-14(22)10-17(16)23/h2-11H,22-24H2,1H3,(H,25,28)(H,26,27). The third-order valence-corrected chi connectivity index (χ3v) is 4.19. The molecule has 142 valence electrons. The molecule has 28 heavy (non-hydrogen) atoms. The van der Waals surface area contributed by atoms with Crippen molar-refractivity contribution < 1.29 is 9.59 Å². The first kappa shape index (κ1) is 18.8. The molecule has 3 rings (SSSR count). The Kier molecular flexibility index (Phi) is 5.17. The summed E-state index contributed by atoms with van der Waals surface area (Å²) in [5.74, 6) is -0.647. The molecule has 3 aromatic carbocycles. The van der Waals surface area contributed by atoms with Crippen molar-refractivity contribution in [1.29, 1.82) is 0 Å². The molecule has 0 spiro atoms. The van der Waals surface area contributed by atoms with Gasteiger partial charge >= 0.3 is 0 Å². The van der Waals surface area contributed by atoms with Crippen LogP contribution < -0.4 is 27.8 Å². The zero-order valence-corrected chi connectivity index (χ0v) is 15.3. The zero-order valence-electron chi connectivity index (χ0n) is 15.3. The summed E-state index contributed by atoms with van der Waals surface area (Å²) >= 11 is 0. The van der Waals surface area contributed by atoms with E-state index in [0.717, 1.165) is 5.56 Å². The predicted molar refractivity (Wildman–Crippen MR) is 113 cm³/mol. The summed E-state index contributed by atoms with van der Waals surface area (Å²) in [6, 6.07) is 16.7. The molecule has 0 atom stereocenters. The van der Waals surface area contributed by atoms with Crippen LogP contribution in [0.25, 0.3) is 0 Å². The highest BCUT2D eigenvalue weighted by Gasteiger charge is 2.12. The number of rotatable bonds is 4. The Labute approximate surface area is 162 Å². The van der Waals surface area contributed by atoms with Crippen molar-refractivity contribution in [3.05, 3.63) is 77.4 Å². The van der Waals surface area contributed by atoms with E-state index in [1.165, 1.54) is 6.07 Å². The number of benzene rings is 3. The first-order valence-electron chi connectivity index (χ1n) is 8.57. The summed E-state index contributed by atoms with van der Waals surface area (Å²) in [5.41, 5.74) is 21.4. The van der Waals surface area contributed by atoms with Crippen LogP contribution in [0, 0.1) is 6.92 Å². The lowest BCUT2D eigenvalue weighted by Gasteiger charge is -2.12. The highest BCUT2D eigenvalue weighted by atomic mass is 16.2. The van der Waals surface area contributed by atoms with E-state index < -0.39 is 0 Å². The third kappa shape index (κ3) is 4.21. The van der Waals surface area contributed by atoms with Gasteiger partial charge in [-0.15, -0.1) is 0 Å². The zero-order chi connectivity index (χ0) is 20.3. The molecule has 0 heterocycles. The molecule has 0 aliphatic heterocycles. The van der Waals surface area contributed by atoms with Gasteiger partial charge in [-0.05, 0) is 55.5 Å². The van der Waals surface area contributed by atoms with E-state index in [4.69, 9.17) is 17.2 Å². The van der Waals surface area contributed by atoms with E-state index in [0.29, 0.717) is 33.9 Å². The van der Waals surface area contributed by atoms with E-state index in [-0.39, 0.29) is 17.5 Å². The van der Waals surface area contributed by atoms with E-state index in [1.807, 2.05) is 19.1 Å². The summed E-state index contributed by atoms with van der Waals surface area (Å²) in [4.78, 5) is 24.7. The van der Waals surface area contributed by atoms with Gasteiger partial charge in [0, 0.05) is 22.6 Å². The number of hydrogen-bond donors (Lipinski definition) is 5. The Balaban J connectivity index is 1.72. The van der Waals surface area contributed by atoms with Crippen LogP contribution >= 0.6 is 0 Å². The van der Waals surface area contributed by atoms with Gasteiger partial charge in [0.15, 0.2) is 0 Å². The normalized spacial score (nSPS) is 10.3. The molecule has 7 nitrogen and oxygen atoms in total. The Hall–Kier alpha value is -4.00. The Morgan fingerprint density at radius 2 is 1.46 bits per heavy atom. The number of carbonyl (C=O) groups is 2. The summed E-state index contributed by atoms with van der Waals surface area (Å²) in [6.45, 7) is 1.95. The van der Waals surface area contributed by atoms with Crippen molar-refractivity contribution in [1.82, 2.24) is 0 Å². The molecule has 2 amide bonds. The van der Waals surface area contributed by atoms with Gasteiger partial charge < -0.3 is 27.8 Å². The minimum absolute atomic E-state index is 0.266. The van der Waals surface area contributed by atoms with Gasteiger partial charge in [0.2, 0.25) is 0 Å². The van der Waals surface area contributed by atoms with Crippen molar-refractivity contribution in [2.75, 3.05) is 27.8 Å². The Morgan fingerprint density at radius 3 is 2.11 bits per heavy atom. The molecule has 8 N–H and O–H groups in total. The molecule has 3 aromatic rings. The van der Waals surface area contributed by atoms with Gasteiger partial charge in [0.1, 0.15) is 0 Å². The number of aryl methyl sites for hydroxylation is 1. The van der Waals surface area contributed by atoms with E-state index in [1.54, 1.807) is 42.5 Å². The number of nitrogens with two attached hydrogens (primary N) is 3. The molecular weight excluding hydrogens is 354 g/mol. The van der Waals surface area contributed by atoms with Gasteiger partial charge in [0.25, 0.3) is 11.8 Å². The Bertz CT molecular complexity index is 1050. The minimum atomic E-state index is -0.381. The summed E-state index contributed by atoms with van der Waals surface area (Å²) in [6.07, 6.45) is 0. The second kappa shape index (κ2) is 7.71. The second-order valence-corrected chi connectivity index (χ2v) is 6.42. The fourth-order valence-electron chi connectivity index (χ4n) is 2.64. The first-order valence-corrected chi connectivity index (χ1v) is 8.57. The number of carbonyl (C=O) groups excluding carboxylic acids is 2. The minimum Gasteiger partial charge on any atom is -0.399 e. The molecule has 0 saturated heterocycles. The lowest BCUT2D eigenvalue weighted by molar-refractivity contribution is 0.101. The predicted octanol–water partition coefficient (Wildman–Crippen LogP) is 3.25. The summed E-state index contributed by atoms with van der Waals surface area (Å²) in [7, 11) is 0. The largest absolute Gasteiger partial charge is 0.399 e. The van der Waals surface area contributed by atoms with Crippen LogP contribution in [0.5, 0.6) is 0 Å². The fourth-order valence-corrected chi connectivity index (χ4v) is 2.64. The van der Waals surface area contributed by atoms with Crippen LogP contribution in [0.1, 0.15) is 26.3 Å². The lowest BCUT2D eigenvalue weighted by Crippen LogP contribution is -2.15. The van der Waals surface area contributed by atoms with Crippen molar-refractivity contribution in [3.8, 4) is 0 Å². The number of nitrogen functional groups attached to an aromatic ring is 3. The van der Waals surface area contributed by atoms with Crippen LogP contribution in [0.3, 0.4) is 0 Å². The smallest absolute Gasteiger partial charge is 0.257 e. The lowest BCUT2D eigenvalue weighted by atomic mass is 10.1. The molecule has 0 aromatic heterocycles. The average molecular weight is 375 g/mol. The molecular formula is C21H21N5O2. The number of nitrogens with one attached hydrogen (secondary N) is 2. The topological polar surface area (TPSA) is 136 Å². The molecule has 0 radical (unpaired) electrons. The number of amides is 2. The van der Waals surface area contributed by atoms with Gasteiger partial charge in [-0.3, -0.25) is 9.59 Å². The highest BCUT2D eigenvalue weighted by Crippen LogP contribution is 2.25. The maximum Gasteiger partial charge on any atom is 0.257 e. The van der Waals surface area contributed by atoms with Crippen molar-refractivity contribution >= 4 is 40.3 Å². The van der Waals surface area contributed by atoms with Crippen LogP contribution in [0.2, 0.25) is 0 Å².